The highest BCUT2D eigenvalue weighted by molar-refractivity contribution is 7.22. The largest absolute Gasteiger partial charge is 0.371 e. The van der Waals surface area contributed by atoms with Crippen molar-refractivity contribution in [3.8, 4) is 0 Å². The van der Waals surface area contributed by atoms with Crippen molar-refractivity contribution < 1.29 is 9.53 Å². The Hall–Kier alpha value is -2.45. The summed E-state index contributed by atoms with van der Waals surface area (Å²) in [5, 5.41) is 8.50. The Kier molecular flexibility index (Phi) is 4.97. The predicted molar refractivity (Wildman–Crippen MR) is 117 cm³/mol. The molecule has 1 saturated heterocycles. The first-order valence-corrected chi connectivity index (χ1v) is 10.6. The van der Waals surface area contributed by atoms with Gasteiger partial charge in [0.25, 0.3) is 0 Å². The van der Waals surface area contributed by atoms with Gasteiger partial charge in [-0.25, -0.2) is 4.98 Å². The van der Waals surface area contributed by atoms with E-state index in [-0.39, 0.29) is 18.4 Å². The Morgan fingerprint density at radius 2 is 2.28 bits per heavy atom. The van der Waals surface area contributed by atoms with Gasteiger partial charge in [0.2, 0.25) is 5.91 Å². The number of benzene rings is 2. The van der Waals surface area contributed by atoms with Crippen LogP contribution in [-0.4, -0.2) is 35.6 Å². The molecule has 1 aliphatic rings. The number of H-pyrrole nitrogens is 1. The third kappa shape index (κ3) is 3.74. The number of nitrogens with one attached hydrogen (secondary N) is 3. The number of aromatic nitrogens is 2. The van der Waals surface area contributed by atoms with Crippen LogP contribution in [0, 0.1) is 0 Å². The molecule has 0 spiro atoms. The third-order valence-corrected chi connectivity index (χ3v) is 6.22. The summed E-state index contributed by atoms with van der Waals surface area (Å²) in [7, 11) is 0. The number of nitrogens with zero attached hydrogens (tertiary/aromatic N) is 1. The summed E-state index contributed by atoms with van der Waals surface area (Å²) in [6, 6.07) is 11.7. The number of carbonyl (C=O) groups excluding carboxylic acids is 1. The van der Waals surface area contributed by atoms with E-state index >= 15 is 0 Å². The minimum absolute atomic E-state index is 0.0194. The molecule has 148 valence electrons. The fourth-order valence-corrected chi connectivity index (χ4v) is 4.77. The molecule has 1 fully saturated rings. The number of hydrogen-bond acceptors (Lipinski definition) is 5. The lowest BCUT2D eigenvalue weighted by Gasteiger charge is -2.24. The van der Waals surface area contributed by atoms with Crippen molar-refractivity contribution in [3.05, 3.63) is 58.7 Å². The molecule has 3 N–H and O–H groups in total. The highest BCUT2D eigenvalue weighted by atomic mass is 35.5. The molecular formula is C21H19ClN4O2S. The Morgan fingerprint density at radius 3 is 3.14 bits per heavy atom. The molecule has 3 heterocycles. The fraction of sp³-hybridized carbons (Fsp3) is 0.238. The van der Waals surface area contributed by atoms with Crippen LogP contribution in [0.2, 0.25) is 5.02 Å². The number of ether oxygens (including phenoxy) is 1. The van der Waals surface area contributed by atoms with Crippen molar-refractivity contribution >= 4 is 55.1 Å². The molecule has 2 aromatic carbocycles. The van der Waals surface area contributed by atoms with Gasteiger partial charge < -0.3 is 20.4 Å². The van der Waals surface area contributed by atoms with Crippen LogP contribution in [0.3, 0.4) is 0 Å². The molecule has 0 bridgehead atoms. The van der Waals surface area contributed by atoms with Gasteiger partial charge in [-0.15, -0.1) is 0 Å². The molecule has 29 heavy (non-hydrogen) atoms. The summed E-state index contributed by atoms with van der Waals surface area (Å²) in [6.45, 7) is 2.31. The van der Waals surface area contributed by atoms with E-state index in [9.17, 15) is 4.79 Å². The quantitative estimate of drug-likeness (QED) is 0.455. The number of anilines is 1. The summed E-state index contributed by atoms with van der Waals surface area (Å²) in [6.07, 6.45) is 2.08. The van der Waals surface area contributed by atoms with Crippen LogP contribution in [-0.2, 0) is 16.0 Å². The normalized spacial score (nSPS) is 17.1. The number of hydrogen-bond donors (Lipinski definition) is 3. The van der Waals surface area contributed by atoms with E-state index in [1.54, 1.807) is 0 Å². The maximum absolute atomic E-state index is 12.6. The molecule has 8 heteroatoms. The van der Waals surface area contributed by atoms with Crippen LogP contribution in [0.25, 0.3) is 21.1 Å². The minimum Gasteiger partial charge on any atom is -0.371 e. The Balaban J connectivity index is 1.37. The topological polar surface area (TPSA) is 79.0 Å². The number of thiazole rings is 1. The van der Waals surface area contributed by atoms with Crippen LogP contribution < -0.4 is 10.6 Å². The summed E-state index contributed by atoms with van der Waals surface area (Å²) < 4.78 is 6.92. The van der Waals surface area contributed by atoms with E-state index in [2.05, 4.69) is 20.6 Å². The summed E-state index contributed by atoms with van der Waals surface area (Å²) in [5.74, 6) is -0.109. The van der Waals surface area contributed by atoms with Gasteiger partial charge in [0, 0.05) is 40.8 Å². The van der Waals surface area contributed by atoms with Crippen LogP contribution in [0.4, 0.5) is 5.13 Å². The van der Waals surface area contributed by atoms with Gasteiger partial charge in [0.1, 0.15) is 0 Å². The molecule has 1 atom stereocenters. The maximum atomic E-state index is 12.6. The number of para-hydroxylation sites is 1. The number of fused-ring (bicyclic) bond motifs is 2. The molecule has 6 nitrogen and oxygen atoms in total. The summed E-state index contributed by atoms with van der Waals surface area (Å²) in [5.41, 5.74) is 3.81. The van der Waals surface area contributed by atoms with E-state index in [4.69, 9.17) is 16.3 Å². The fourth-order valence-electron chi connectivity index (χ4n) is 3.68. The first kappa shape index (κ1) is 18.6. The van der Waals surface area contributed by atoms with Crippen molar-refractivity contribution in [2.24, 2.45) is 0 Å². The smallest absolute Gasteiger partial charge is 0.230 e. The Bertz CT molecular complexity index is 1200. The first-order chi connectivity index (χ1) is 14.2. The van der Waals surface area contributed by atoms with E-state index in [0.717, 1.165) is 45.3 Å². The molecule has 5 rings (SSSR count). The van der Waals surface area contributed by atoms with Gasteiger partial charge in [-0.05, 0) is 29.8 Å². The number of carbonyl (C=O) groups is 1. The molecule has 0 saturated carbocycles. The van der Waals surface area contributed by atoms with Crippen molar-refractivity contribution in [2.45, 2.75) is 12.5 Å². The zero-order chi connectivity index (χ0) is 19.8. The molecule has 1 aliphatic heterocycles. The van der Waals surface area contributed by atoms with Gasteiger partial charge in [0.05, 0.1) is 29.3 Å². The van der Waals surface area contributed by atoms with Crippen molar-refractivity contribution in [1.82, 2.24) is 15.3 Å². The predicted octanol–water partition coefficient (Wildman–Crippen LogP) is 4.27. The van der Waals surface area contributed by atoms with Crippen molar-refractivity contribution in [1.29, 1.82) is 0 Å². The maximum Gasteiger partial charge on any atom is 0.230 e. The lowest BCUT2D eigenvalue weighted by Crippen LogP contribution is -2.33. The second-order valence-electron chi connectivity index (χ2n) is 7.01. The minimum atomic E-state index is -0.109. The second kappa shape index (κ2) is 7.76. The summed E-state index contributed by atoms with van der Waals surface area (Å²) >= 11 is 7.57. The monoisotopic (exact) mass is 426 g/mol. The van der Waals surface area contributed by atoms with E-state index in [1.165, 1.54) is 11.3 Å². The lowest BCUT2D eigenvalue weighted by molar-refractivity contribution is -0.115. The Labute approximate surface area is 176 Å². The first-order valence-electron chi connectivity index (χ1n) is 9.44. The lowest BCUT2D eigenvalue weighted by atomic mass is 10.1. The number of aromatic amines is 1. The van der Waals surface area contributed by atoms with Crippen LogP contribution in [0.5, 0.6) is 0 Å². The molecule has 0 radical (unpaired) electrons. The van der Waals surface area contributed by atoms with Gasteiger partial charge in [-0.3, -0.25) is 4.79 Å². The zero-order valence-corrected chi connectivity index (χ0v) is 17.1. The molecular weight excluding hydrogens is 408 g/mol. The SMILES string of the molecule is O=C(Cc1c[nH]c2ccc(Cl)cc12)Nc1nc2c(C3CNCCO3)cccc2s1. The highest BCUT2D eigenvalue weighted by Gasteiger charge is 2.20. The Morgan fingerprint density at radius 1 is 1.34 bits per heavy atom. The number of morpholine rings is 1. The van der Waals surface area contributed by atoms with Crippen LogP contribution in [0.15, 0.2) is 42.6 Å². The van der Waals surface area contributed by atoms with Crippen LogP contribution in [0.1, 0.15) is 17.2 Å². The van der Waals surface area contributed by atoms with Gasteiger partial charge in [-0.1, -0.05) is 35.1 Å². The molecule has 4 aromatic rings. The molecule has 1 amide bonds. The summed E-state index contributed by atoms with van der Waals surface area (Å²) in [4.78, 5) is 20.5. The standard InChI is InChI=1S/C21H19ClN4O2S/c22-13-4-5-16-15(9-13)12(10-24-16)8-19(27)25-21-26-20-14(2-1-3-18(20)29-21)17-11-23-6-7-28-17/h1-5,9-10,17,23-24H,6-8,11H2,(H,25,26,27). The van der Waals surface area contributed by atoms with E-state index in [1.807, 2.05) is 42.6 Å². The third-order valence-electron chi connectivity index (χ3n) is 5.05. The highest BCUT2D eigenvalue weighted by Crippen LogP contribution is 2.33. The molecule has 2 aromatic heterocycles. The number of rotatable bonds is 4. The zero-order valence-electron chi connectivity index (χ0n) is 15.5. The molecule has 0 aliphatic carbocycles. The van der Waals surface area contributed by atoms with Crippen LogP contribution >= 0.6 is 22.9 Å². The molecule has 1 unspecified atom stereocenters. The van der Waals surface area contributed by atoms with Gasteiger partial charge in [0.15, 0.2) is 5.13 Å². The van der Waals surface area contributed by atoms with Crippen molar-refractivity contribution in [2.75, 3.05) is 25.0 Å². The number of amides is 1. The van der Waals surface area contributed by atoms with Gasteiger partial charge >= 0.3 is 0 Å². The van der Waals surface area contributed by atoms with E-state index in [0.29, 0.717) is 16.8 Å². The van der Waals surface area contributed by atoms with Crippen molar-refractivity contribution in [3.63, 3.8) is 0 Å². The second-order valence-corrected chi connectivity index (χ2v) is 8.47. The average Bonchev–Trinajstić information content (AvgIpc) is 3.31. The number of halogens is 1. The average molecular weight is 427 g/mol. The van der Waals surface area contributed by atoms with E-state index < -0.39 is 0 Å². The van der Waals surface area contributed by atoms with Gasteiger partial charge in [-0.2, -0.15) is 0 Å².